The van der Waals surface area contributed by atoms with E-state index in [2.05, 4.69) is 6.92 Å². The van der Waals surface area contributed by atoms with Gasteiger partial charge in [-0.3, -0.25) is 10.4 Å². The summed E-state index contributed by atoms with van der Waals surface area (Å²) in [5.74, 6) is 5.09. The van der Waals surface area contributed by atoms with Crippen LogP contribution in [0.5, 0.6) is 0 Å². The van der Waals surface area contributed by atoms with E-state index in [9.17, 15) is 8.42 Å². The molecule has 0 aliphatic heterocycles. The summed E-state index contributed by atoms with van der Waals surface area (Å²) < 4.78 is 29.4. The van der Waals surface area contributed by atoms with E-state index in [1.54, 1.807) is 14.0 Å². The molecule has 7 heteroatoms. The van der Waals surface area contributed by atoms with E-state index in [1.165, 1.54) is 50.0 Å². The van der Waals surface area contributed by atoms with Gasteiger partial charge in [0.25, 0.3) is 10.1 Å². The highest BCUT2D eigenvalue weighted by Gasteiger charge is 2.02. The number of likely N-dealkylation sites (N-methyl/N-ethyl adjacent to an activating group) is 1. The molecule has 6 nitrogen and oxygen atoms in total. The van der Waals surface area contributed by atoms with Crippen LogP contribution in [0.25, 0.3) is 0 Å². The molecule has 0 amide bonds. The lowest BCUT2D eigenvalue weighted by Gasteiger charge is -2.09. The SMILES string of the molecule is CC(O)CN(C)N.CCCCCCCCCCCCS(=O)(=O)O. The Morgan fingerprint density at radius 3 is 1.61 bits per heavy atom. The lowest BCUT2D eigenvalue weighted by Crippen LogP contribution is -2.32. The maximum atomic E-state index is 10.4. The Kier molecular flexibility index (Phi) is 18.1. The van der Waals surface area contributed by atoms with Crippen LogP contribution < -0.4 is 5.84 Å². The van der Waals surface area contributed by atoms with Crippen LogP contribution in [0.15, 0.2) is 0 Å². The third-order valence-corrected chi connectivity index (χ3v) is 4.11. The van der Waals surface area contributed by atoms with E-state index >= 15 is 0 Å². The normalized spacial score (nSPS) is 12.8. The molecule has 0 aliphatic rings. The van der Waals surface area contributed by atoms with Crippen molar-refractivity contribution >= 4 is 10.1 Å². The first-order chi connectivity index (χ1) is 10.7. The summed E-state index contributed by atoms with van der Waals surface area (Å²) >= 11 is 0. The smallest absolute Gasteiger partial charge is 0.264 e. The largest absolute Gasteiger partial charge is 0.392 e. The van der Waals surface area contributed by atoms with Crippen LogP contribution in [0.4, 0.5) is 0 Å². The molecule has 0 bridgehead atoms. The lowest BCUT2D eigenvalue weighted by molar-refractivity contribution is 0.142. The molecule has 0 saturated carbocycles. The maximum Gasteiger partial charge on any atom is 0.264 e. The molecule has 0 fully saturated rings. The van der Waals surface area contributed by atoms with E-state index in [4.69, 9.17) is 15.5 Å². The molecule has 0 rings (SSSR count). The van der Waals surface area contributed by atoms with Gasteiger partial charge in [-0.1, -0.05) is 64.7 Å². The van der Waals surface area contributed by atoms with Gasteiger partial charge in [-0.25, -0.2) is 5.01 Å². The molecular formula is C16H38N2O4S. The number of aliphatic hydroxyl groups is 1. The predicted octanol–water partition coefficient (Wildman–Crippen LogP) is 2.97. The van der Waals surface area contributed by atoms with Gasteiger partial charge >= 0.3 is 0 Å². The molecule has 0 spiro atoms. The first-order valence-electron chi connectivity index (χ1n) is 8.78. The fourth-order valence-electron chi connectivity index (χ4n) is 2.19. The highest BCUT2D eigenvalue weighted by molar-refractivity contribution is 7.85. The van der Waals surface area contributed by atoms with Crippen molar-refractivity contribution in [2.45, 2.75) is 84.2 Å². The minimum Gasteiger partial charge on any atom is -0.392 e. The second-order valence-electron chi connectivity index (χ2n) is 6.26. The van der Waals surface area contributed by atoms with E-state index in [1.807, 2.05) is 0 Å². The monoisotopic (exact) mass is 354 g/mol. The maximum absolute atomic E-state index is 10.4. The van der Waals surface area contributed by atoms with E-state index in [0.29, 0.717) is 13.0 Å². The molecular weight excluding hydrogens is 316 g/mol. The highest BCUT2D eigenvalue weighted by atomic mass is 32.2. The number of rotatable bonds is 13. The van der Waals surface area contributed by atoms with Gasteiger partial charge in [0, 0.05) is 13.6 Å². The number of hydrazine groups is 1. The fourth-order valence-corrected chi connectivity index (χ4v) is 2.76. The minimum absolute atomic E-state index is 0.0799. The molecule has 1 unspecified atom stereocenters. The van der Waals surface area contributed by atoms with Gasteiger partial charge in [-0.05, 0) is 13.3 Å². The van der Waals surface area contributed by atoms with Crippen molar-refractivity contribution in [2.24, 2.45) is 5.84 Å². The zero-order valence-electron chi connectivity index (χ0n) is 15.2. The number of nitrogens with two attached hydrogens (primary N) is 1. The molecule has 0 aromatic heterocycles. The third kappa shape index (κ3) is 30.3. The van der Waals surface area contributed by atoms with Crippen molar-refractivity contribution in [1.82, 2.24) is 5.01 Å². The van der Waals surface area contributed by atoms with Crippen LogP contribution in [0.3, 0.4) is 0 Å². The van der Waals surface area contributed by atoms with Crippen LogP contribution >= 0.6 is 0 Å². The van der Waals surface area contributed by atoms with Crippen molar-refractivity contribution in [3.8, 4) is 0 Å². The molecule has 0 aromatic carbocycles. The Bertz CT molecular complexity index is 327. The summed E-state index contributed by atoms with van der Waals surface area (Å²) in [6.07, 6.45) is 11.3. The van der Waals surface area contributed by atoms with Crippen LogP contribution in [-0.4, -0.2) is 48.5 Å². The zero-order chi connectivity index (χ0) is 18.1. The molecule has 4 N–H and O–H groups in total. The third-order valence-electron chi connectivity index (χ3n) is 3.31. The Morgan fingerprint density at radius 2 is 1.35 bits per heavy atom. The Balaban J connectivity index is 0. The molecule has 0 heterocycles. The Hall–Kier alpha value is -0.210. The first-order valence-corrected chi connectivity index (χ1v) is 10.4. The molecule has 0 radical (unpaired) electrons. The molecule has 23 heavy (non-hydrogen) atoms. The van der Waals surface area contributed by atoms with Gasteiger partial charge in [0.1, 0.15) is 0 Å². The molecule has 142 valence electrons. The Labute approximate surface area is 143 Å². The second kappa shape index (κ2) is 16.6. The number of unbranched alkanes of at least 4 members (excludes halogenated alkanes) is 9. The lowest BCUT2D eigenvalue weighted by atomic mass is 10.1. The van der Waals surface area contributed by atoms with Crippen LogP contribution in [-0.2, 0) is 10.1 Å². The molecule has 0 aromatic rings. The van der Waals surface area contributed by atoms with Gasteiger partial charge in [0.15, 0.2) is 0 Å². The summed E-state index contributed by atoms with van der Waals surface area (Å²) in [5, 5.41) is 10.1. The van der Waals surface area contributed by atoms with Crippen molar-refractivity contribution in [3.05, 3.63) is 0 Å². The topological polar surface area (TPSA) is 104 Å². The van der Waals surface area contributed by atoms with Crippen molar-refractivity contribution in [3.63, 3.8) is 0 Å². The number of aliphatic hydroxyl groups excluding tert-OH is 1. The quantitative estimate of drug-likeness (QED) is 0.203. The van der Waals surface area contributed by atoms with Crippen molar-refractivity contribution in [1.29, 1.82) is 0 Å². The van der Waals surface area contributed by atoms with E-state index in [0.717, 1.165) is 12.8 Å². The summed E-state index contributed by atoms with van der Waals surface area (Å²) in [5.41, 5.74) is 0. The molecule has 0 saturated heterocycles. The van der Waals surface area contributed by atoms with Gasteiger partial charge in [0.05, 0.1) is 11.9 Å². The van der Waals surface area contributed by atoms with Crippen molar-refractivity contribution in [2.75, 3.05) is 19.3 Å². The first kappa shape index (κ1) is 25.0. The van der Waals surface area contributed by atoms with Crippen molar-refractivity contribution < 1.29 is 18.1 Å². The molecule has 0 aliphatic carbocycles. The standard InChI is InChI=1S/C12H26O3S.C4H12N2O/c1-2-3-4-5-6-7-8-9-10-11-12-16(13,14)15;1-4(7)3-6(2)5/h2-12H2,1H3,(H,13,14,15);4,7H,3,5H2,1-2H3. The van der Waals surface area contributed by atoms with Gasteiger partial charge < -0.3 is 5.11 Å². The Morgan fingerprint density at radius 1 is 0.957 bits per heavy atom. The number of nitrogens with zero attached hydrogens (tertiary/aromatic N) is 1. The summed E-state index contributed by atoms with van der Waals surface area (Å²) in [7, 11) is -2.02. The van der Waals surface area contributed by atoms with Gasteiger partial charge in [-0.2, -0.15) is 8.42 Å². The number of hydrogen-bond donors (Lipinski definition) is 3. The zero-order valence-corrected chi connectivity index (χ0v) is 16.0. The van der Waals surface area contributed by atoms with Crippen LogP contribution in [0, 0.1) is 0 Å². The van der Waals surface area contributed by atoms with E-state index < -0.39 is 10.1 Å². The predicted molar refractivity (Wildman–Crippen MR) is 96.8 cm³/mol. The number of hydrogen-bond acceptors (Lipinski definition) is 5. The fraction of sp³-hybridized carbons (Fsp3) is 1.00. The average Bonchev–Trinajstić information content (AvgIpc) is 2.39. The minimum atomic E-state index is -3.73. The van der Waals surface area contributed by atoms with Gasteiger partial charge in [0.2, 0.25) is 0 Å². The van der Waals surface area contributed by atoms with Gasteiger partial charge in [-0.15, -0.1) is 0 Å². The summed E-state index contributed by atoms with van der Waals surface area (Å²) in [4.78, 5) is 0. The average molecular weight is 355 g/mol. The van der Waals surface area contributed by atoms with Crippen LogP contribution in [0.2, 0.25) is 0 Å². The van der Waals surface area contributed by atoms with E-state index in [-0.39, 0.29) is 11.9 Å². The molecule has 1 atom stereocenters. The summed E-state index contributed by atoms with van der Waals surface area (Å²) in [6.45, 7) is 4.44. The van der Waals surface area contributed by atoms with Crippen LogP contribution in [0.1, 0.15) is 78.1 Å². The highest BCUT2D eigenvalue weighted by Crippen LogP contribution is 2.10. The second-order valence-corrected chi connectivity index (χ2v) is 7.83. The summed E-state index contributed by atoms with van der Waals surface area (Å²) in [6, 6.07) is 0.